The monoisotopic (exact) mass is 280 g/mol. The number of aryl methyl sites for hydroxylation is 2. The molecule has 0 saturated heterocycles. The molecule has 0 radical (unpaired) electrons. The van der Waals surface area contributed by atoms with Gasteiger partial charge in [0.15, 0.2) is 5.75 Å². The highest BCUT2D eigenvalue weighted by molar-refractivity contribution is 7.11. The maximum Gasteiger partial charge on any atom is 0.161 e. The van der Waals surface area contributed by atoms with Crippen LogP contribution in [-0.4, -0.2) is 28.4 Å². The van der Waals surface area contributed by atoms with E-state index in [9.17, 15) is 0 Å². The van der Waals surface area contributed by atoms with E-state index in [0.29, 0.717) is 0 Å². The summed E-state index contributed by atoms with van der Waals surface area (Å²) >= 11 is 1.70. The number of hydrogen-bond donors (Lipinski definition) is 1. The second-order valence-corrected chi connectivity index (χ2v) is 5.66. The standard InChI is InChI=1S/C13H20N4OS/c1-5-6-14-12(11-8-15-9(2)19-11)13-10(18-4)7-16-17(13)3/h7-8,12,14H,5-6H2,1-4H3. The number of thiazole rings is 1. The smallest absolute Gasteiger partial charge is 0.161 e. The predicted molar refractivity (Wildman–Crippen MR) is 76.7 cm³/mol. The lowest BCUT2D eigenvalue weighted by molar-refractivity contribution is 0.401. The Labute approximate surface area is 117 Å². The van der Waals surface area contributed by atoms with Crippen LogP contribution >= 0.6 is 11.3 Å². The van der Waals surface area contributed by atoms with Crippen LogP contribution in [0.3, 0.4) is 0 Å². The normalized spacial score (nSPS) is 12.6. The van der Waals surface area contributed by atoms with Gasteiger partial charge in [0.2, 0.25) is 0 Å². The molecule has 5 nitrogen and oxygen atoms in total. The maximum absolute atomic E-state index is 5.42. The zero-order chi connectivity index (χ0) is 13.8. The number of rotatable bonds is 6. The second-order valence-electron chi connectivity index (χ2n) is 4.39. The minimum absolute atomic E-state index is 0.0774. The van der Waals surface area contributed by atoms with Crippen molar-refractivity contribution in [2.24, 2.45) is 7.05 Å². The molecule has 0 aromatic carbocycles. The van der Waals surface area contributed by atoms with Gasteiger partial charge in [0.25, 0.3) is 0 Å². The third-order valence-corrected chi connectivity index (χ3v) is 3.94. The van der Waals surface area contributed by atoms with E-state index >= 15 is 0 Å². The Bertz CT molecular complexity index is 534. The van der Waals surface area contributed by atoms with E-state index in [-0.39, 0.29) is 6.04 Å². The minimum Gasteiger partial charge on any atom is -0.493 e. The van der Waals surface area contributed by atoms with Crippen molar-refractivity contribution in [1.29, 1.82) is 0 Å². The van der Waals surface area contributed by atoms with Gasteiger partial charge in [-0.05, 0) is 19.9 Å². The van der Waals surface area contributed by atoms with Gasteiger partial charge in [-0.2, -0.15) is 5.10 Å². The first-order chi connectivity index (χ1) is 9.17. The second kappa shape index (κ2) is 6.16. The minimum atomic E-state index is 0.0774. The Morgan fingerprint density at radius 1 is 1.47 bits per heavy atom. The average molecular weight is 280 g/mol. The summed E-state index contributed by atoms with van der Waals surface area (Å²) in [4.78, 5) is 5.54. The third-order valence-electron chi connectivity index (χ3n) is 2.96. The highest BCUT2D eigenvalue weighted by atomic mass is 32.1. The molecule has 104 valence electrons. The van der Waals surface area contributed by atoms with Crippen molar-refractivity contribution >= 4 is 11.3 Å². The van der Waals surface area contributed by atoms with Crippen LogP contribution in [0.2, 0.25) is 0 Å². The molecule has 1 N–H and O–H groups in total. The zero-order valence-electron chi connectivity index (χ0n) is 11.8. The topological polar surface area (TPSA) is 52.0 Å². The summed E-state index contributed by atoms with van der Waals surface area (Å²) < 4.78 is 7.28. The van der Waals surface area contributed by atoms with E-state index in [2.05, 4.69) is 22.3 Å². The number of nitrogens with one attached hydrogen (secondary N) is 1. The van der Waals surface area contributed by atoms with Crippen molar-refractivity contribution in [3.05, 3.63) is 28.0 Å². The van der Waals surface area contributed by atoms with Crippen LogP contribution in [0, 0.1) is 6.92 Å². The van der Waals surface area contributed by atoms with E-state index in [1.165, 1.54) is 4.88 Å². The molecule has 6 heteroatoms. The highest BCUT2D eigenvalue weighted by Crippen LogP contribution is 2.32. The Morgan fingerprint density at radius 3 is 2.84 bits per heavy atom. The predicted octanol–water partition coefficient (Wildman–Crippen LogP) is 2.28. The van der Waals surface area contributed by atoms with Gasteiger partial charge < -0.3 is 10.1 Å². The van der Waals surface area contributed by atoms with Crippen LogP contribution < -0.4 is 10.1 Å². The summed E-state index contributed by atoms with van der Waals surface area (Å²) in [5.74, 6) is 0.808. The highest BCUT2D eigenvalue weighted by Gasteiger charge is 2.23. The largest absolute Gasteiger partial charge is 0.493 e. The first-order valence-corrected chi connectivity index (χ1v) is 7.20. The first kappa shape index (κ1) is 14.0. The lowest BCUT2D eigenvalue weighted by atomic mass is 10.1. The van der Waals surface area contributed by atoms with Crippen molar-refractivity contribution in [2.45, 2.75) is 26.3 Å². The summed E-state index contributed by atoms with van der Waals surface area (Å²) in [6.45, 7) is 5.12. The van der Waals surface area contributed by atoms with Gasteiger partial charge >= 0.3 is 0 Å². The summed E-state index contributed by atoms with van der Waals surface area (Å²) in [6, 6.07) is 0.0774. The van der Waals surface area contributed by atoms with Crippen LogP contribution in [0.25, 0.3) is 0 Å². The Hall–Kier alpha value is -1.40. The molecule has 2 aromatic rings. The molecule has 0 aliphatic rings. The molecule has 1 atom stereocenters. The van der Waals surface area contributed by atoms with E-state index < -0.39 is 0 Å². The molecule has 19 heavy (non-hydrogen) atoms. The molecule has 1 unspecified atom stereocenters. The van der Waals surface area contributed by atoms with E-state index in [1.54, 1.807) is 24.6 Å². The van der Waals surface area contributed by atoms with Crippen molar-refractivity contribution in [3.63, 3.8) is 0 Å². The van der Waals surface area contributed by atoms with Gasteiger partial charge in [-0.25, -0.2) is 4.98 Å². The van der Waals surface area contributed by atoms with Gasteiger partial charge in [-0.1, -0.05) is 6.92 Å². The summed E-state index contributed by atoms with van der Waals surface area (Å²) in [5.41, 5.74) is 1.04. The fourth-order valence-electron chi connectivity index (χ4n) is 2.05. The molecule has 0 spiro atoms. The van der Waals surface area contributed by atoms with E-state index in [4.69, 9.17) is 4.74 Å². The Kier molecular flexibility index (Phi) is 4.55. The lowest BCUT2D eigenvalue weighted by Crippen LogP contribution is -2.25. The zero-order valence-corrected chi connectivity index (χ0v) is 12.6. The summed E-state index contributed by atoms with van der Waals surface area (Å²) in [6.07, 6.45) is 4.76. The number of nitrogens with zero attached hydrogens (tertiary/aromatic N) is 3. The summed E-state index contributed by atoms with van der Waals surface area (Å²) in [7, 11) is 3.61. The van der Waals surface area contributed by atoms with Crippen LogP contribution in [0.4, 0.5) is 0 Å². The first-order valence-electron chi connectivity index (χ1n) is 6.39. The lowest BCUT2D eigenvalue weighted by Gasteiger charge is -2.18. The maximum atomic E-state index is 5.42. The number of ether oxygens (including phenoxy) is 1. The molecule has 0 bridgehead atoms. The molecule has 0 aliphatic carbocycles. The number of methoxy groups -OCH3 is 1. The number of hydrogen-bond acceptors (Lipinski definition) is 5. The molecule has 2 rings (SSSR count). The summed E-state index contributed by atoms with van der Waals surface area (Å²) in [5, 5.41) is 8.90. The SMILES string of the molecule is CCCNC(c1cnc(C)s1)c1c(OC)cnn1C. The molecule has 2 aromatic heterocycles. The molecular formula is C13H20N4OS. The molecule has 2 heterocycles. The fourth-order valence-corrected chi connectivity index (χ4v) is 2.91. The van der Waals surface area contributed by atoms with Crippen molar-refractivity contribution < 1.29 is 4.74 Å². The van der Waals surface area contributed by atoms with Crippen molar-refractivity contribution in [2.75, 3.05) is 13.7 Å². The number of aromatic nitrogens is 3. The Balaban J connectivity index is 2.39. The Morgan fingerprint density at radius 2 is 2.26 bits per heavy atom. The van der Waals surface area contributed by atoms with Gasteiger partial charge in [0.1, 0.15) is 5.69 Å². The molecule has 0 amide bonds. The van der Waals surface area contributed by atoms with Gasteiger partial charge in [0, 0.05) is 18.1 Å². The third kappa shape index (κ3) is 2.96. The molecule has 0 aliphatic heterocycles. The quantitative estimate of drug-likeness (QED) is 0.882. The molecule has 0 saturated carbocycles. The van der Waals surface area contributed by atoms with Crippen molar-refractivity contribution in [3.8, 4) is 5.75 Å². The average Bonchev–Trinajstić information content (AvgIpc) is 2.98. The van der Waals surface area contributed by atoms with Crippen LogP contribution in [0.15, 0.2) is 12.4 Å². The van der Waals surface area contributed by atoms with E-state index in [1.807, 2.05) is 24.9 Å². The van der Waals surface area contributed by atoms with Crippen LogP contribution in [-0.2, 0) is 7.05 Å². The van der Waals surface area contributed by atoms with Crippen LogP contribution in [0.5, 0.6) is 5.75 Å². The fraction of sp³-hybridized carbons (Fsp3) is 0.538. The van der Waals surface area contributed by atoms with Gasteiger partial charge in [-0.15, -0.1) is 11.3 Å². The van der Waals surface area contributed by atoms with Gasteiger partial charge in [-0.3, -0.25) is 4.68 Å². The molecular weight excluding hydrogens is 260 g/mol. The van der Waals surface area contributed by atoms with E-state index in [0.717, 1.165) is 29.4 Å². The van der Waals surface area contributed by atoms with Crippen molar-refractivity contribution in [1.82, 2.24) is 20.1 Å². The van der Waals surface area contributed by atoms with Gasteiger partial charge in [0.05, 0.1) is 24.4 Å². The van der Waals surface area contributed by atoms with Crippen LogP contribution in [0.1, 0.15) is 35.0 Å². The molecule has 0 fully saturated rings.